The van der Waals surface area contributed by atoms with Gasteiger partial charge >= 0.3 is 0 Å². The third-order valence-corrected chi connectivity index (χ3v) is 4.16. The molecule has 0 unspecified atom stereocenters. The summed E-state index contributed by atoms with van der Waals surface area (Å²) >= 11 is 0. The molecule has 4 aromatic rings. The second-order valence-electron chi connectivity index (χ2n) is 6.26. The molecule has 31 heavy (non-hydrogen) atoms. The average molecular weight is 425 g/mol. The number of hydrogen-bond acceptors (Lipinski definition) is 7. The van der Waals surface area contributed by atoms with E-state index >= 15 is 0 Å². The summed E-state index contributed by atoms with van der Waals surface area (Å²) in [5, 5.41) is 7.29. The van der Waals surface area contributed by atoms with Crippen molar-refractivity contribution in [3.8, 4) is 17.1 Å². The summed E-state index contributed by atoms with van der Waals surface area (Å²) in [6.45, 7) is -0.443. The minimum Gasteiger partial charge on any atom is -0.483 e. The minimum absolute atomic E-state index is 0.0189. The van der Waals surface area contributed by atoms with Gasteiger partial charge in [-0.05, 0) is 36.4 Å². The van der Waals surface area contributed by atoms with Crippen LogP contribution in [0.25, 0.3) is 22.3 Å². The molecule has 2 aromatic carbocycles. The van der Waals surface area contributed by atoms with E-state index in [2.05, 4.69) is 15.7 Å². The zero-order valence-electron chi connectivity index (χ0n) is 15.7. The molecule has 0 aliphatic rings. The van der Waals surface area contributed by atoms with Crippen LogP contribution in [0.15, 0.2) is 73.8 Å². The maximum atomic E-state index is 13.5. The maximum Gasteiger partial charge on any atom is 0.277 e. The number of carbonyl (C=O) groups excluding carboxylic acids is 1. The topological polar surface area (TPSA) is 107 Å². The first kappa shape index (κ1) is 20.0. The number of ether oxygens (including phenoxy) is 1. The van der Waals surface area contributed by atoms with Crippen LogP contribution < -0.4 is 15.6 Å². The summed E-state index contributed by atoms with van der Waals surface area (Å²) in [6.07, 6.45) is 3.62. The van der Waals surface area contributed by atoms with Crippen molar-refractivity contribution in [1.29, 1.82) is 0 Å². The molecule has 2 aromatic heterocycles. The molecular formula is C21H13F2N3O5. The second-order valence-corrected chi connectivity index (χ2v) is 6.26. The number of nitrogens with one attached hydrogen (secondary N) is 1. The molecule has 1 amide bonds. The first-order chi connectivity index (χ1) is 15.0. The Morgan fingerprint density at radius 2 is 1.97 bits per heavy atom. The highest BCUT2D eigenvalue weighted by Crippen LogP contribution is 2.30. The second kappa shape index (κ2) is 8.57. The van der Waals surface area contributed by atoms with Crippen molar-refractivity contribution in [1.82, 2.24) is 10.6 Å². The molecule has 8 nitrogen and oxygen atoms in total. The highest BCUT2D eigenvalue weighted by molar-refractivity contribution is 5.87. The van der Waals surface area contributed by atoms with E-state index in [9.17, 15) is 18.4 Å². The summed E-state index contributed by atoms with van der Waals surface area (Å²) < 4.78 is 42.6. The SMILES string of the molecule is O=C(COc1ccc(F)cc1-c1ccno1)N/N=C/c1coc2ccc(F)cc2c1=O. The van der Waals surface area contributed by atoms with Gasteiger partial charge in [0.05, 0.1) is 28.9 Å². The van der Waals surface area contributed by atoms with Gasteiger partial charge in [-0.2, -0.15) is 5.10 Å². The van der Waals surface area contributed by atoms with Crippen LogP contribution in [0.2, 0.25) is 0 Å². The summed E-state index contributed by atoms with van der Waals surface area (Å²) in [7, 11) is 0. The lowest BCUT2D eigenvalue weighted by atomic mass is 10.1. The van der Waals surface area contributed by atoms with Crippen molar-refractivity contribution >= 4 is 23.1 Å². The molecule has 0 aliphatic heterocycles. The molecule has 0 atom stereocenters. The molecule has 156 valence electrons. The predicted molar refractivity (Wildman–Crippen MR) is 106 cm³/mol. The molecule has 0 fully saturated rings. The third kappa shape index (κ3) is 4.47. The number of halogens is 2. The molecule has 0 aliphatic carbocycles. The number of benzene rings is 2. The molecule has 0 bridgehead atoms. The highest BCUT2D eigenvalue weighted by Gasteiger charge is 2.13. The Kier molecular flexibility index (Phi) is 5.52. The van der Waals surface area contributed by atoms with Gasteiger partial charge < -0.3 is 13.7 Å². The number of carbonyl (C=O) groups is 1. The van der Waals surface area contributed by atoms with Crippen LogP contribution in [0, 0.1) is 11.6 Å². The van der Waals surface area contributed by atoms with Crippen LogP contribution in [0.5, 0.6) is 5.75 Å². The molecule has 4 rings (SSSR count). The van der Waals surface area contributed by atoms with Crippen molar-refractivity contribution in [2.45, 2.75) is 0 Å². The molecule has 0 saturated carbocycles. The molecule has 2 heterocycles. The lowest BCUT2D eigenvalue weighted by molar-refractivity contribution is -0.123. The van der Waals surface area contributed by atoms with Crippen LogP contribution >= 0.6 is 0 Å². The minimum atomic E-state index is -0.639. The highest BCUT2D eigenvalue weighted by atomic mass is 19.1. The zero-order chi connectivity index (χ0) is 21.8. The first-order valence-corrected chi connectivity index (χ1v) is 8.87. The van der Waals surface area contributed by atoms with E-state index < -0.39 is 29.6 Å². The number of aromatic nitrogens is 1. The Bertz CT molecular complexity index is 1330. The van der Waals surface area contributed by atoms with Crippen molar-refractivity contribution in [3.05, 3.63) is 82.3 Å². The van der Waals surface area contributed by atoms with Gasteiger partial charge in [0.25, 0.3) is 5.91 Å². The van der Waals surface area contributed by atoms with Gasteiger partial charge in [-0.3, -0.25) is 9.59 Å². The van der Waals surface area contributed by atoms with Gasteiger partial charge in [-0.25, -0.2) is 14.2 Å². The lowest BCUT2D eigenvalue weighted by Crippen LogP contribution is -2.25. The number of hydrazone groups is 1. The largest absolute Gasteiger partial charge is 0.483 e. The molecule has 10 heteroatoms. The maximum absolute atomic E-state index is 13.5. The van der Waals surface area contributed by atoms with Gasteiger partial charge in [0.15, 0.2) is 12.4 Å². The van der Waals surface area contributed by atoms with E-state index in [1.807, 2.05) is 0 Å². The van der Waals surface area contributed by atoms with Gasteiger partial charge in [0.2, 0.25) is 5.43 Å². The summed E-state index contributed by atoms with van der Waals surface area (Å²) in [5.41, 5.74) is 2.22. The Labute approximate surface area is 172 Å². The molecule has 0 spiro atoms. The fraction of sp³-hybridized carbons (Fsp3) is 0.0476. The fourth-order valence-electron chi connectivity index (χ4n) is 2.73. The Balaban J connectivity index is 1.42. The van der Waals surface area contributed by atoms with Gasteiger partial charge in [0.1, 0.15) is 29.2 Å². The predicted octanol–water partition coefficient (Wildman–Crippen LogP) is 3.26. The van der Waals surface area contributed by atoms with Crippen LogP contribution in [0.3, 0.4) is 0 Å². The average Bonchev–Trinajstić information content (AvgIpc) is 3.29. The van der Waals surface area contributed by atoms with Crippen molar-refractivity contribution in [2.24, 2.45) is 5.10 Å². The Morgan fingerprint density at radius 1 is 1.16 bits per heavy atom. The van der Waals surface area contributed by atoms with Crippen molar-refractivity contribution in [2.75, 3.05) is 6.61 Å². The summed E-state index contributed by atoms with van der Waals surface area (Å²) in [6, 6.07) is 8.81. The van der Waals surface area contributed by atoms with Gasteiger partial charge in [-0.15, -0.1) is 0 Å². The lowest BCUT2D eigenvalue weighted by Gasteiger charge is -2.09. The van der Waals surface area contributed by atoms with E-state index in [4.69, 9.17) is 13.7 Å². The molecule has 1 N–H and O–H groups in total. The zero-order valence-corrected chi connectivity index (χ0v) is 15.7. The number of amides is 1. The molecule has 0 radical (unpaired) electrons. The number of nitrogens with zero attached hydrogens (tertiary/aromatic N) is 2. The van der Waals surface area contributed by atoms with E-state index in [1.165, 1.54) is 42.6 Å². The van der Waals surface area contributed by atoms with Crippen molar-refractivity contribution in [3.63, 3.8) is 0 Å². The van der Waals surface area contributed by atoms with Crippen molar-refractivity contribution < 1.29 is 27.3 Å². The fourth-order valence-corrected chi connectivity index (χ4v) is 2.73. The van der Waals surface area contributed by atoms with E-state index in [0.717, 1.165) is 18.5 Å². The molecule has 0 saturated heterocycles. The van der Waals surface area contributed by atoms with Crippen LogP contribution in [-0.2, 0) is 4.79 Å². The van der Waals surface area contributed by atoms with Crippen LogP contribution in [-0.4, -0.2) is 23.9 Å². The Morgan fingerprint density at radius 3 is 2.77 bits per heavy atom. The monoisotopic (exact) mass is 425 g/mol. The van der Waals surface area contributed by atoms with E-state index in [-0.39, 0.29) is 33.6 Å². The van der Waals surface area contributed by atoms with E-state index in [0.29, 0.717) is 0 Å². The standard InChI is InChI=1S/C21H13F2N3O5/c22-13-1-3-17(15(7-13)19-5-6-25-31-19)30-11-20(27)26-24-9-12-10-29-18-4-2-14(23)8-16(18)21(12)28/h1-10H,11H2,(H,26,27)/b24-9+. The number of fused-ring (bicyclic) bond motifs is 1. The Hall–Kier alpha value is -4.34. The van der Waals surface area contributed by atoms with Crippen LogP contribution in [0.4, 0.5) is 8.78 Å². The molecular weight excluding hydrogens is 412 g/mol. The van der Waals surface area contributed by atoms with Gasteiger partial charge in [0, 0.05) is 6.07 Å². The van der Waals surface area contributed by atoms with Gasteiger partial charge in [-0.1, -0.05) is 5.16 Å². The number of hydrogen-bond donors (Lipinski definition) is 1. The smallest absolute Gasteiger partial charge is 0.277 e. The number of rotatable bonds is 6. The first-order valence-electron chi connectivity index (χ1n) is 8.87. The van der Waals surface area contributed by atoms with Crippen LogP contribution in [0.1, 0.15) is 5.56 Å². The normalized spacial score (nSPS) is 11.2. The summed E-state index contributed by atoms with van der Waals surface area (Å²) in [5.74, 6) is -1.26. The quantitative estimate of drug-likeness (QED) is 0.375. The third-order valence-electron chi connectivity index (χ3n) is 4.16. The van der Waals surface area contributed by atoms with E-state index in [1.54, 1.807) is 0 Å². The summed E-state index contributed by atoms with van der Waals surface area (Å²) in [4.78, 5) is 24.3.